The van der Waals surface area contributed by atoms with Crippen molar-refractivity contribution >= 4 is 49.7 Å². The van der Waals surface area contributed by atoms with E-state index in [4.69, 9.17) is 5.73 Å². The van der Waals surface area contributed by atoms with Gasteiger partial charge in [-0.3, -0.25) is 26.0 Å². The third-order valence-corrected chi connectivity index (χ3v) is 4.49. The summed E-state index contributed by atoms with van der Waals surface area (Å²) < 4.78 is 1.06. The van der Waals surface area contributed by atoms with E-state index in [0.717, 1.165) is 15.0 Å². The number of carbonyl (C=O) groups excluding carboxylic acids is 1. The van der Waals surface area contributed by atoms with Gasteiger partial charge in [0.15, 0.2) is 5.01 Å². The monoisotopic (exact) mass is 467 g/mol. The predicted molar refractivity (Wildman–Crippen MR) is 100 cm³/mol. The third kappa shape index (κ3) is 5.52. The molecule has 3 N–H and O–H groups in total. The molecule has 11 nitrogen and oxygen atoms in total. The van der Waals surface area contributed by atoms with Crippen molar-refractivity contribution in [1.29, 1.82) is 0 Å². The number of nitrogens with two attached hydrogens (primary N) is 1. The zero-order chi connectivity index (χ0) is 20.8. The van der Waals surface area contributed by atoms with E-state index in [1.54, 1.807) is 0 Å². The van der Waals surface area contributed by atoms with E-state index >= 15 is 0 Å². The Hall–Kier alpha value is -3.45. The minimum Gasteiger partial charge on any atom is -0.545 e. The van der Waals surface area contributed by atoms with Gasteiger partial charge in [0.1, 0.15) is 0 Å². The topological polar surface area (TPSA) is 179 Å². The third-order valence-electron chi connectivity index (χ3n) is 3.13. The van der Waals surface area contributed by atoms with Crippen LogP contribution in [0.25, 0.3) is 10.6 Å². The average molecular weight is 468 g/mol. The Morgan fingerprint density at radius 2 is 1.61 bits per heavy atom. The number of rotatable bonds is 4. The number of aromatic nitrogens is 2. The summed E-state index contributed by atoms with van der Waals surface area (Å²) in [7, 11) is 0. The minimum absolute atomic E-state index is 0.601. The molecule has 1 heterocycles. The van der Waals surface area contributed by atoms with Crippen LogP contribution in [0.15, 0.2) is 46.9 Å². The highest BCUT2D eigenvalue weighted by Crippen LogP contribution is 2.24. The Morgan fingerprint density at radius 3 is 2.00 bits per heavy atom. The highest BCUT2D eigenvalue weighted by Gasteiger charge is 2.16. The van der Waals surface area contributed by atoms with Gasteiger partial charge in [0, 0.05) is 27.7 Å². The summed E-state index contributed by atoms with van der Waals surface area (Å²) in [6, 6.07) is 10.0. The number of hydrogen-bond donors (Lipinski definition) is 1. The van der Waals surface area contributed by atoms with Crippen LogP contribution in [0.4, 0.5) is 16.5 Å². The number of carbonyl (C=O) groups is 1. The molecular weight excluding hydrogens is 458 g/mol. The number of aromatic carboxylic acids is 1. The second-order valence-electron chi connectivity index (χ2n) is 5.04. The molecular formula is C15H10BrN5O6S. The highest BCUT2D eigenvalue weighted by molar-refractivity contribution is 9.10. The molecule has 3 aromatic rings. The van der Waals surface area contributed by atoms with Crippen LogP contribution in [0, 0.1) is 20.2 Å². The van der Waals surface area contributed by atoms with Crippen molar-refractivity contribution < 1.29 is 24.8 Å². The van der Waals surface area contributed by atoms with Crippen molar-refractivity contribution in [1.82, 2.24) is 5.10 Å². The molecule has 3 rings (SSSR count). The SMILES string of the molecule is Nc1[nH+]nc(-c2ccc(Br)cc2)s1.O=C([O-])c1cc([N+](=O)[O-])cc([N+](=O)[O-])c1. The maximum Gasteiger partial charge on any atom is 0.352 e. The molecule has 0 saturated heterocycles. The molecule has 0 radical (unpaired) electrons. The Labute approximate surface area is 168 Å². The Kier molecular flexibility index (Phi) is 6.68. The summed E-state index contributed by atoms with van der Waals surface area (Å²) in [6.45, 7) is 0. The first-order valence-electron chi connectivity index (χ1n) is 7.22. The van der Waals surface area contributed by atoms with Gasteiger partial charge in [-0.15, -0.1) is 5.10 Å². The highest BCUT2D eigenvalue weighted by atomic mass is 79.9. The van der Waals surface area contributed by atoms with Gasteiger partial charge in [0.2, 0.25) is 0 Å². The number of H-pyrrole nitrogens is 1. The summed E-state index contributed by atoms with van der Waals surface area (Å²) >= 11 is 4.82. The van der Waals surface area contributed by atoms with E-state index in [-0.39, 0.29) is 0 Å². The fourth-order valence-electron chi connectivity index (χ4n) is 1.90. The number of halogens is 1. The largest absolute Gasteiger partial charge is 0.545 e. The minimum atomic E-state index is -1.71. The molecule has 0 amide bonds. The number of carboxylic acid groups (broad SMARTS) is 1. The normalized spacial score (nSPS) is 9.89. The number of anilines is 1. The zero-order valence-electron chi connectivity index (χ0n) is 13.7. The van der Waals surface area contributed by atoms with Crippen LogP contribution in [0.2, 0.25) is 0 Å². The number of nitrogens with one attached hydrogen (secondary N) is 1. The number of benzene rings is 2. The molecule has 1 aromatic heterocycles. The molecule has 13 heteroatoms. The lowest BCUT2D eigenvalue weighted by molar-refractivity contribution is -0.430. The van der Waals surface area contributed by atoms with E-state index in [0.29, 0.717) is 23.3 Å². The van der Waals surface area contributed by atoms with Crippen LogP contribution in [0.3, 0.4) is 0 Å². The number of non-ortho nitro benzene ring substituents is 2. The number of nitro benzene ring substituents is 2. The van der Waals surface area contributed by atoms with Crippen molar-refractivity contribution in [3.8, 4) is 10.6 Å². The lowest BCUT2D eigenvalue weighted by Crippen LogP contribution is -2.22. The summed E-state index contributed by atoms with van der Waals surface area (Å²) in [5.41, 5.74) is 4.68. The fraction of sp³-hybridized carbons (Fsp3) is 0. The number of carboxylic acids is 1. The summed E-state index contributed by atoms with van der Waals surface area (Å²) in [5.74, 6) is -1.71. The molecule has 0 fully saturated rings. The molecule has 2 aromatic carbocycles. The summed E-state index contributed by atoms with van der Waals surface area (Å²) in [4.78, 5) is 29.2. The van der Waals surface area contributed by atoms with Crippen molar-refractivity contribution in [3.63, 3.8) is 0 Å². The van der Waals surface area contributed by atoms with Gasteiger partial charge >= 0.3 is 5.13 Å². The van der Waals surface area contributed by atoms with E-state index < -0.39 is 32.8 Å². The molecule has 0 unspecified atom stereocenters. The molecule has 0 saturated carbocycles. The lowest BCUT2D eigenvalue weighted by atomic mass is 10.2. The van der Waals surface area contributed by atoms with Gasteiger partial charge in [-0.1, -0.05) is 33.2 Å². The number of aromatic amines is 1. The quantitative estimate of drug-likeness (QED) is 0.445. The Morgan fingerprint density at radius 1 is 1.07 bits per heavy atom. The summed E-state index contributed by atoms with van der Waals surface area (Å²) in [6.07, 6.45) is 0. The van der Waals surface area contributed by atoms with E-state index in [9.17, 15) is 30.1 Å². The molecule has 0 aliphatic heterocycles. The lowest BCUT2D eigenvalue weighted by Gasteiger charge is -2.01. The van der Waals surface area contributed by atoms with Crippen molar-refractivity contribution in [2.24, 2.45) is 0 Å². The first-order chi connectivity index (χ1) is 13.2. The van der Waals surface area contributed by atoms with Crippen LogP contribution < -0.4 is 15.9 Å². The van der Waals surface area contributed by atoms with Gasteiger partial charge in [0.05, 0.1) is 21.9 Å². The first-order valence-corrected chi connectivity index (χ1v) is 8.83. The van der Waals surface area contributed by atoms with Gasteiger partial charge < -0.3 is 9.90 Å². The zero-order valence-corrected chi connectivity index (χ0v) is 16.1. The van der Waals surface area contributed by atoms with Crippen molar-refractivity contribution in [2.45, 2.75) is 0 Å². The second kappa shape index (κ2) is 8.96. The maximum absolute atomic E-state index is 10.4. The van der Waals surface area contributed by atoms with Crippen molar-refractivity contribution in [3.05, 3.63) is 72.7 Å². The van der Waals surface area contributed by atoms with Crippen LogP contribution in [-0.4, -0.2) is 20.9 Å². The Balaban J connectivity index is 0.000000202. The average Bonchev–Trinajstić information content (AvgIpc) is 3.08. The molecule has 0 bridgehead atoms. The van der Waals surface area contributed by atoms with Crippen LogP contribution in [-0.2, 0) is 0 Å². The van der Waals surface area contributed by atoms with Gasteiger partial charge in [-0.2, -0.15) is 0 Å². The fourth-order valence-corrected chi connectivity index (χ4v) is 2.80. The van der Waals surface area contributed by atoms with Crippen LogP contribution >= 0.6 is 27.3 Å². The molecule has 0 atom stereocenters. The standard InChI is InChI=1S/C8H6BrN3S.C7H4N2O6/c9-6-3-1-5(2-4-6)7-11-12-8(10)13-7;10-7(11)4-1-5(8(12)13)3-6(2-4)9(14)15/h1-4H,(H2,10,12);1-3H,(H,10,11). The second-order valence-corrected chi connectivity index (χ2v) is 6.99. The molecule has 28 heavy (non-hydrogen) atoms. The Bertz CT molecular complexity index is 961. The number of nitrogens with zero attached hydrogens (tertiary/aromatic N) is 3. The van der Waals surface area contributed by atoms with E-state index in [1.165, 1.54) is 11.3 Å². The van der Waals surface area contributed by atoms with Crippen molar-refractivity contribution in [2.75, 3.05) is 5.73 Å². The van der Waals surface area contributed by atoms with Crippen LogP contribution in [0.1, 0.15) is 10.4 Å². The molecule has 0 spiro atoms. The molecule has 144 valence electrons. The van der Waals surface area contributed by atoms with Gasteiger partial charge in [0.25, 0.3) is 11.4 Å². The molecule has 0 aliphatic carbocycles. The summed E-state index contributed by atoms with van der Waals surface area (Å²) in [5, 5.41) is 39.4. The molecule has 0 aliphatic rings. The van der Waals surface area contributed by atoms with E-state index in [1.807, 2.05) is 24.3 Å². The van der Waals surface area contributed by atoms with Crippen LogP contribution in [0.5, 0.6) is 0 Å². The number of hydrogen-bond acceptors (Lipinski definition) is 9. The first kappa shape index (κ1) is 20.9. The predicted octanol–water partition coefficient (Wildman–Crippen LogP) is 1.84. The maximum atomic E-state index is 10.4. The number of nitrogen functional groups attached to an aromatic ring is 1. The van der Waals surface area contributed by atoms with Gasteiger partial charge in [-0.25, -0.2) is 0 Å². The number of nitro groups is 2. The van der Waals surface area contributed by atoms with Gasteiger partial charge in [-0.05, 0) is 23.5 Å². The smallest absolute Gasteiger partial charge is 0.352 e. The van der Waals surface area contributed by atoms with E-state index in [2.05, 4.69) is 26.1 Å².